The first-order valence-corrected chi connectivity index (χ1v) is 7.82. The van der Waals surface area contributed by atoms with Crippen LogP contribution in [0, 0.1) is 6.92 Å². The zero-order chi connectivity index (χ0) is 16.0. The van der Waals surface area contributed by atoms with Crippen molar-refractivity contribution >= 4 is 6.03 Å². The third-order valence-corrected chi connectivity index (χ3v) is 4.63. The van der Waals surface area contributed by atoms with Gasteiger partial charge in [0.15, 0.2) is 5.72 Å². The summed E-state index contributed by atoms with van der Waals surface area (Å²) in [4.78, 5) is 18.5. The molecule has 2 aromatic rings. The number of aromatic nitrogens is 1. The number of nitrogens with zero attached hydrogens (tertiary/aromatic N) is 2. The first-order chi connectivity index (χ1) is 11.0. The number of aryl methyl sites for hydroxylation is 1. The second-order valence-electron chi connectivity index (χ2n) is 6.47. The average molecular weight is 309 g/mol. The second kappa shape index (κ2) is 4.98. The topological polar surface area (TPSA) is 54.5 Å². The van der Waals surface area contributed by atoms with Crippen molar-refractivity contribution in [3.05, 3.63) is 59.4 Å². The Balaban J connectivity index is 1.69. The summed E-state index contributed by atoms with van der Waals surface area (Å²) in [5.41, 5.74) is 2.57. The van der Waals surface area contributed by atoms with Crippen molar-refractivity contribution in [3.63, 3.8) is 0 Å². The van der Waals surface area contributed by atoms with E-state index in [2.05, 4.69) is 16.4 Å². The number of hydrogen-bond donors (Lipinski definition) is 1. The lowest BCUT2D eigenvalue weighted by Gasteiger charge is -2.50. The molecule has 2 aliphatic rings. The van der Waals surface area contributed by atoms with Crippen LogP contribution in [0.3, 0.4) is 0 Å². The first-order valence-electron chi connectivity index (χ1n) is 7.82. The van der Waals surface area contributed by atoms with E-state index in [1.165, 1.54) is 5.56 Å². The van der Waals surface area contributed by atoms with Gasteiger partial charge in [0.05, 0.1) is 12.6 Å². The molecule has 3 heterocycles. The van der Waals surface area contributed by atoms with Gasteiger partial charge in [0.1, 0.15) is 5.75 Å². The lowest BCUT2D eigenvalue weighted by Crippen LogP contribution is -2.64. The number of benzene rings is 1. The lowest BCUT2D eigenvalue weighted by atomic mass is 9.89. The molecule has 2 unspecified atom stereocenters. The van der Waals surface area contributed by atoms with E-state index >= 15 is 0 Å². The Morgan fingerprint density at radius 3 is 3.09 bits per heavy atom. The molecule has 4 rings (SSSR count). The van der Waals surface area contributed by atoms with E-state index in [9.17, 15) is 4.79 Å². The molecule has 2 aliphatic heterocycles. The number of hydrogen-bond acceptors (Lipinski definition) is 3. The Hall–Kier alpha value is -2.56. The van der Waals surface area contributed by atoms with Gasteiger partial charge < -0.3 is 10.1 Å². The van der Waals surface area contributed by atoms with E-state index < -0.39 is 5.72 Å². The van der Waals surface area contributed by atoms with Crippen LogP contribution < -0.4 is 10.1 Å². The molecule has 2 atom stereocenters. The summed E-state index contributed by atoms with van der Waals surface area (Å²) < 4.78 is 6.25. The van der Waals surface area contributed by atoms with Crippen molar-refractivity contribution in [3.8, 4) is 5.75 Å². The monoisotopic (exact) mass is 309 g/mol. The van der Waals surface area contributed by atoms with Crippen LogP contribution in [-0.4, -0.2) is 21.6 Å². The van der Waals surface area contributed by atoms with E-state index in [4.69, 9.17) is 4.74 Å². The normalized spacial score (nSPS) is 25.4. The minimum atomic E-state index is -0.648. The Kier molecular flexibility index (Phi) is 3.04. The lowest BCUT2D eigenvalue weighted by molar-refractivity contribution is -0.0879. The highest BCUT2D eigenvalue weighted by atomic mass is 16.5. The molecule has 5 nitrogen and oxygen atoms in total. The quantitative estimate of drug-likeness (QED) is 0.927. The average Bonchev–Trinajstić information content (AvgIpc) is 2.53. The van der Waals surface area contributed by atoms with E-state index in [-0.39, 0.29) is 12.1 Å². The number of fused-ring (bicyclic) bond motifs is 4. The molecule has 0 spiro atoms. The van der Waals surface area contributed by atoms with Gasteiger partial charge in [-0.1, -0.05) is 23.8 Å². The van der Waals surface area contributed by atoms with Crippen LogP contribution >= 0.6 is 0 Å². The zero-order valence-electron chi connectivity index (χ0n) is 13.2. The third kappa shape index (κ3) is 2.32. The van der Waals surface area contributed by atoms with Crippen molar-refractivity contribution in [2.45, 2.75) is 38.6 Å². The van der Waals surface area contributed by atoms with Crippen LogP contribution in [0.25, 0.3) is 0 Å². The number of amides is 2. The highest BCUT2D eigenvalue weighted by molar-refractivity contribution is 5.77. The molecule has 1 aromatic carbocycles. The molecule has 23 heavy (non-hydrogen) atoms. The van der Waals surface area contributed by atoms with Crippen LogP contribution in [-0.2, 0) is 6.54 Å². The predicted octanol–water partition coefficient (Wildman–Crippen LogP) is 3.16. The largest absolute Gasteiger partial charge is 0.468 e. The van der Waals surface area contributed by atoms with Crippen molar-refractivity contribution in [2.75, 3.05) is 0 Å². The highest BCUT2D eigenvalue weighted by Gasteiger charge is 2.48. The molecule has 0 aliphatic carbocycles. The number of carbonyl (C=O) groups is 1. The maximum absolute atomic E-state index is 12.6. The van der Waals surface area contributed by atoms with Gasteiger partial charge in [0, 0.05) is 24.4 Å². The third-order valence-electron chi connectivity index (χ3n) is 4.63. The van der Waals surface area contributed by atoms with Gasteiger partial charge >= 0.3 is 6.03 Å². The predicted molar refractivity (Wildman–Crippen MR) is 85.9 cm³/mol. The van der Waals surface area contributed by atoms with Gasteiger partial charge in [-0.15, -0.1) is 0 Å². The number of nitrogens with one attached hydrogen (secondary N) is 1. The van der Waals surface area contributed by atoms with E-state index in [0.29, 0.717) is 6.54 Å². The molecule has 1 fully saturated rings. The fourth-order valence-electron chi connectivity index (χ4n) is 3.45. The van der Waals surface area contributed by atoms with Crippen LogP contribution in [0.4, 0.5) is 4.79 Å². The molecule has 2 bridgehead atoms. The van der Waals surface area contributed by atoms with Crippen LogP contribution in [0.5, 0.6) is 5.75 Å². The highest BCUT2D eigenvalue weighted by Crippen LogP contribution is 2.44. The summed E-state index contributed by atoms with van der Waals surface area (Å²) in [5.74, 6) is 0.852. The van der Waals surface area contributed by atoms with Gasteiger partial charge in [0.25, 0.3) is 0 Å². The van der Waals surface area contributed by atoms with Gasteiger partial charge in [-0.25, -0.2) is 4.79 Å². The summed E-state index contributed by atoms with van der Waals surface area (Å²) >= 11 is 0. The van der Waals surface area contributed by atoms with E-state index in [1.807, 2.05) is 38.1 Å². The van der Waals surface area contributed by atoms with Crippen molar-refractivity contribution in [1.29, 1.82) is 0 Å². The molecular weight excluding hydrogens is 290 g/mol. The first kappa shape index (κ1) is 14.1. The van der Waals surface area contributed by atoms with Gasteiger partial charge in [-0.2, -0.15) is 0 Å². The maximum atomic E-state index is 12.6. The summed E-state index contributed by atoms with van der Waals surface area (Å²) in [6.45, 7) is 4.51. The molecule has 118 valence electrons. The molecule has 1 N–H and O–H groups in total. The number of pyridine rings is 1. The van der Waals surface area contributed by atoms with E-state index in [0.717, 1.165) is 23.3 Å². The molecular formula is C18H19N3O2. The number of urea groups is 1. The second-order valence-corrected chi connectivity index (χ2v) is 6.47. The molecule has 0 radical (unpaired) electrons. The Morgan fingerprint density at radius 2 is 2.30 bits per heavy atom. The van der Waals surface area contributed by atoms with E-state index in [1.54, 1.807) is 17.3 Å². The van der Waals surface area contributed by atoms with Crippen molar-refractivity contribution in [1.82, 2.24) is 15.2 Å². The standard InChI is InChI=1S/C18H19N3O2/c1-12-5-6-16-14(8-12)15-9-18(2,23-16)21(17(22)20-15)11-13-4-3-7-19-10-13/h3-8,10,15H,9,11H2,1-2H3,(H,20,22). The molecule has 5 heteroatoms. The number of ether oxygens (including phenoxy) is 1. The van der Waals surface area contributed by atoms with Crippen LogP contribution in [0.15, 0.2) is 42.7 Å². The molecule has 2 amide bonds. The van der Waals surface area contributed by atoms with Crippen molar-refractivity contribution in [2.24, 2.45) is 0 Å². The molecule has 0 saturated carbocycles. The molecule has 1 saturated heterocycles. The van der Waals surface area contributed by atoms with Gasteiger partial charge in [-0.3, -0.25) is 9.88 Å². The van der Waals surface area contributed by atoms with Gasteiger partial charge in [-0.05, 0) is 31.5 Å². The fourth-order valence-corrected chi connectivity index (χ4v) is 3.45. The summed E-state index contributed by atoms with van der Waals surface area (Å²) in [7, 11) is 0. The maximum Gasteiger partial charge on any atom is 0.321 e. The number of rotatable bonds is 2. The van der Waals surface area contributed by atoms with Gasteiger partial charge in [0.2, 0.25) is 0 Å². The minimum absolute atomic E-state index is 0.00120. The molecule has 1 aromatic heterocycles. The van der Waals surface area contributed by atoms with Crippen LogP contribution in [0.1, 0.15) is 36.1 Å². The SMILES string of the molecule is Cc1ccc2c(c1)C1CC(C)(O2)N(Cc2cccnc2)C(=O)N1. The smallest absolute Gasteiger partial charge is 0.321 e. The zero-order valence-corrected chi connectivity index (χ0v) is 13.2. The number of carbonyl (C=O) groups excluding carboxylic acids is 1. The Bertz CT molecular complexity index is 762. The summed E-state index contributed by atoms with van der Waals surface area (Å²) in [6.07, 6.45) is 4.24. The van der Waals surface area contributed by atoms with Crippen LogP contribution in [0.2, 0.25) is 0 Å². The Morgan fingerprint density at radius 1 is 1.43 bits per heavy atom. The Labute approximate surface area is 135 Å². The summed E-state index contributed by atoms with van der Waals surface area (Å²) in [6, 6.07) is 9.88. The summed E-state index contributed by atoms with van der Waals surface area (Å²) in [5, 5.41) is 3.11. The minimum Gasteiger partial charge on any atom is -0.468 e. The van der Waals surface area contributed by atoms with Crippen molar-refractivity contribution < 1.29 is 9.53 Å². The fraction of sp³-hybridized carbons (Fsp3) is 0.333.